The molecule has 0 aliphatic carbocycles. The standard InChI is InChI=1S/C18H21ClN4O2.2ClH/c1-22(15-6-4-14(19)5-7-15)18(24)23-10-9-21-11-16(23)13-25-17-3-2-8-20-12-17;;/h2-8,12,16,21H,9-11,13H2,1H3;2*1H. The molecular weight excluding hydrogens is 411 g/mol. The highest BCUT2D eigenvalue weighted by molar-refractivity contribution is 6.30. The summed E-state index contributed by atoms with van der Waals surface area (Å²) in [5, 5.41) is 3.96. The second kappa shape index (κ2) is 11.2. The van der Waals surface area contributed by atoms with Crippen LogP contribution in [0.3, 0.4) is 0 Å². The van der Waals surface area contributed by atoms with Gasteiger partial charge in [-0.05, 0) is 36.4 Å². The van der Waals surface area contributed by atoms with Crippen LogP contribution in [-0.4, -0.2) is 55.2 Å². The molecule has 2 aromatic rings. The summed E-state index contributed by atoms with van der Waals surface area (Å²) < 4.78 is 5.79. The average Bonchev–Trinajstić information content (AvgIpc) is 2.67. The van der Waals surface area contributed by atoms with Crippen molar-refractivity contribution in [1.82, 2.24) is 15.2 Å². The minimum atomic E-state index is -0.0522. The molecule has 1 fully saturated rings. The minimum absolute atomic E-state index is 0. The van der Waals surface area contributed by atoms with Crippen molar-refractivity contribution in [2.75, 3.05) is 38.2 Å². The van der Waals surface area contributed by atoms with Gasteiger partial charge in [0.25, 0.3) is 0 Å². The van der Waals surface area contributed by atoms with Crippen molar-refractivity contribution < 1.29 is 9.53 Å². The Kier molecular flexibility index (Phi) is 9.66. The van der Waals surface area contributed by atoms with Crippen LogP contribution >= 0.6 is 36.4 Å². The van der Waals surface area contributed by atoms with E-state index in [1.807, 2.05) is 29.2 Å². The zero-order valence-corrected chi connectivity index (χ0v) is 17.3. The van der Waals surface area contributed by atoms with Crippen LogP contribution in [0.5, 0.6) is 5.75 Å². The highest BCUT2D eigenvalue weighted by Gasteiger charge is 2.29. The second-order valence-electron chi connectivity index (χ2n) is 5.87. The number of benzene rings is 1. The van der Waals surface area contributed by atoms with Crippen molar-refractivity contribution in [3.63, 3.8) is 0 Å². The summed E-state index contributed by atoms with van der Waals surface area (Å²) in [6, 6.07) is 10.8. The third-order valence-corrected chi connectivity index (χ3v) is 4.43. The van der Waals surface area contributed by atoms with Gasteiger partial charge in [-0.15, -0.1) is 24.8 Å². The lowest BCUT2D eigenvalue weighted by atomic mass is 10.2. The largest absolute Gasteiger partial charge is 0.490 e. The molecule has 0 radical (unpaired) electrons. The van der Waals surface area contributed by atoms with Gasteiger partial charge in [-0.2, -0.15) is 0 Å². The van der Waals surface area contributed by atoms with Crippen molar-refractivity contribution in [3.8, 4) is 5.75 Å². The molecule has 1 unspecified atom stereocenters. The third-order valence-electron chi connectivity index (χ3n) is 4.17. The summed E-state index contributed by atoms with van der Waals surface area (Å²) in [7, 11) is 1.77. The van der Waals surface area contributed by atoms with Gasteiger partial charge in [0.15, 0.2) is 0 Å². The van der Waals surface area contributed by atoms with E-state index < -0.39 is 0 Å². The van der Waals surface area contributed by atoms with Gasteiger partial charge in [0.1, 0.15) is 12.4 Å². The van der Waals surface area contributed by atoms with E-state index in [9.17, 15) is 4.79 Å². The fraction of sp³-hybridized carbons (Fsp3) is 0.333. The Morgan fingerprint density at radius 3 is 2.74 bits per heavy atom. The normalized spacial score (nSPS) is 15.9. The van der Waals surface area contributed by atoms with Gasteiger partial charge >= 0.3 is 6.03 Å². The predicted molar refractivity (Wildman–Crippen MR) is 113 cm³/mol. The highest BCUT2D eigenvalue weighted by atomic mass is 35.5. The second-order valence-corrected chi connectivity index (χ2v) is 6.31. The van der Waals surface area contributed by atoms with Crippen molar-refractivity contribution >= 4 is 48.1 Å². The molecule has 1 N–H and O–H groups in total. The minimum Gasteiger partial charge on any atom is -0.490 e. The van der Waals surface area contributed by atoms with E-state index in [4.69, 9.17) is 16.3 Å². The van der Waals surface area contributed by atoms with E-state index in [-0.39, 0.29) is 36.9 Å². The van der Waals surface area contributed by atoms with Gasteiger partial charge in [0, 0.05) is 43.6 Å². The molecule has 6 nitrogen and oxygen atoms in total. The first-order chi connectivity index (χ1) is 12.1. The van der Waals surface area contributed by atoms with Crippen LogP contribution in [0.25, 0.3) is 0 Å². The summed E-state index contributed by atoms with van der Waals surface area (Å²) in [6.45, 7) is 2.51. The quantitative estimate of drug-likeness (QED) is 0.802. The van der Waals surface area contributed by atoms with Gasteiger partial charge in [0.2, 0.25) is 0 Å². The Morgan fingerprint density at radius 2 is 2.07 bits per heavy atom. The summed E-state index contributed by atoms with van der Waals surface area (Å²) in [5.41, 5.74) is 0.805. The van der Waals surface area contributed by atoms with Crippen molar-refractivity contribution in [1.29, 1.82) is 0 Å². The Labute approximate surface area is 176 Å². The van der Waals surface area contributed by atoms with E-state index in [2.05, 4.69) is 10.3 Å². The SMILES string of the molecule is CN(C(=O)N1CCNCC1COc1cccnc1)c1ccc(Cl)cc1.Cl.Cl. The van der Waals surface area contributed by atoms with Crippen molar-refractivity contribution in [2.24, 2.45) is 0 Å². The molecular formula is C18H23Cl3N4O2. The van der Waals surface area contributed by atoms with Crippen LogP contribution in [0.4, 0.5) is 10.5 Å². The molecule has 1 aliphatic heterocycles. The number of halogens is 3. The number of urea groups is 1. The van der Waals surface area contributed by atoms with Crippen LogP contribution in [-0.2, 0) is 0 Å². The van der Waals surface area contributed by atoms with Crippen molar-refractivity contribution in [2.45, 2.75) is 6.04 Å². The lowest BCUT2D eigenvalue weighted by Crippen LogP contribution is -2.58. The maximum Gasteiger partial charge on any atom is 0.324 e. The fourth-order valence-corrected chi connectivity index (χ4v) is 2.88. The van der Waals surface area contributed by atoms with Gasteiger partial charge in [0.05, 0.1) is 12.2 Å². The van der Waals surface area contributed by atoms with E-state index >= 15 is 0 Å². The number of nitrogens with one attached hydrogen (secondary N) is 1. The predicted octanol–water partition coefficient (Wildman–Crippen LogP) is 3.49. The number of aromatic nitrogens is 1. The van der Waals surface area contributed by atoms with Gasteiger partial charge in [-0.1, -0.05) is 11.6 Å². The number of piperazine rings is 1. The molecule has 1 aliphatic rings. The molecule has 1 aromatic carbocycles. The first-order valence-corrected chi connectivity index (χ1v) is 8.56. The highest BCUT2D eigenvalue weighted by Crippen LogP contribution is 2.19. The Bertz CT molecular complexity index is 704. The molecule has 3 rings (SSSR count). The Balaban J connectivity index is 0.00000182. The fourth-order valence-electron chi connectivity index (χ4n) is 2.75. The topological polar surface area (TPSA) is 57.7 Å². The molecule has 2 heterocycles. The number of carbonyl (C=O) groups is 1. The summed E-state index contributed by atoms with van der Waals surface area (Å²) in [4.78, 5) is 20.5. The Hall–Kier alpha value is -1.73. The molecule has 1 aromatic heterocycles. The van der Waals surface area contributed by atoms with Gasteiger partial charge in [-0.3, -0.25) is 9.88 Å². The number of amides is 2. The number of rotatable bonds is 4. The summed E-state index contributed by atoms with van der Waals surface area (Å²) in [6.07, 6.45) is 3.37. The first-order valence-electron chi connectivity index (χ1n) is 8.18. The number of ether oxygens (including phenoxy) is 1. The lowest BCUT2D eigenvalue weighted by molar-refractivity contribution is 0.129. The molecule has 1 atom stereocenters. The molecule has 1 saturated heterocycles. The molecule has 27 heavy (non-hydrogen) atoms. The van der Waals surface area contributed by atoms with E-state index in [1.54, 1.807) is 36.5 Å². The third kappa shape index (κ3) is 6.14. The number of nitrogens with zero attached hydrogens (tertiary/aromatic N) is 3. The van der Waals surface area contributed by atoms with Crippen LogP contribution in [0.15, 0.2) is 48.8 Å². The lowest BCUT2D eigenvalue weighted by Gasteiger charge is -2.38. The molecule has 9 heteroatoms. The zero-order chi connectivity index (χ0) is 17.6. The first kappa shape index (κ1) is 23.3. The maximum atomic E-state index is 12.9. The number of anilines is 1. The van der Waals surface area contributed by atoms with Gasteiger partial charge in [-0.25, -0.2) is 4.79 Å². The summed E-state index contributed by atoms with van der Waals surface area (Å²) >= 11 is 5.92. The van der Waals surface area contributed by atoms with E-state index in [0.717, 1.165) is 12.2 Å². The average molecular weight is 434 g/mol. The van der Waals surface area contributed by atoms with Gasteiger partial charge < -0.3 is 15.0 Å². The van der Waals surface area contributed by atoms with Crippen molar-refractivity contribution in [3.05, 3.63) is 53.8 Å². The van der Waals surface area contributed by atoms with Crippen LogP contribution in [0.1, 0.15) is 0 Å². The van der Waals surface area contributed by atoms with E-state index in [1.165, 1.54) is 0 Å². The van der Waals surface area contributed by atoms with E-state index in [0.29, 0.717) is 30.5 Å². The molecule has 148 valence electrons. The molecule has 0 bridgehead atoms. The van der Waals surface area contributed by atoms with Crippen LogP contribution < -0.4 is 15.0 Å². The maximum absolute atomic E-state index is 12.9. The number of hydrogen-bond donors (Lipinski definition) is 1. The number of pyridine rings is 1. The summed E-state index contributed by atoms with van der Waals surface area (Å²) in [5.74, 6) is 0.700. The van der Waals surface area contributed by atoms with Crippen LogP contribution in [0.2, 0.25) is 5.02 Å². The Morgan fingerprint density at radius 1 is 1.33 bits per heavy atom. The number of carbonyl (C=O) groups excluding carboxylic acids is 1. The molecule has 0 spiro atoms. The smallest absolute Gasteiger partial charge is 0.324 e. The van der Waals surface area contributed by atoms with Crippen LogP contribution in [0, 0.1) is 0 Å². The zero-order valence-electron chi connectivity index (χ0n) is 14.9. The number of hydrogen-bond acceptors (Lipinski definition) is 4. The monoisotopic (exact) mass is 432 g/mol. The molecule has 0 saturated carbocycles. The molecule has 2 amide bonds.